The molecule has 62 heavy (non-hydrogen) atoms. The Hall–Kier alpha value is -8.08. The van der Waals surface area contributed by atoms with E-state index in [2.05, 4.69) is 251 Å². The molecular weight excluding hydrogens is 753 g/mol. The first-order valence-electron chi connectivity index (χ1n) is 21.3. The lowest BCUT2D eigenvalue weighted by atomic mass is 10.1. The zero-order chi connectivity index (χ0) is 41.3. The van der Waals surface area contributed by atoms with Crippen LogP contribution in [0.25, 0.3) is 82.7 Å². The normalized spacial score (nSPS) is 11.7. The summed E-state index contributed by atoms with van der Waals surface area (Å²) in [5.41, 5.74) is 17.6. The summed E-state index contributed by atoms with van der Waals surface area (Å²) in [6.45, 7) is 4.29. The molecule has 0 unspecified atom stereocenters. The van der Waals surface area contributed by atoms with Gasteiger partial charge in [0.2, 0.25) is 0 Å². The van der Waals surface area contributed by atoms with Crippen molar-refractivity contribution in [2.45, 2.75) is 13.8 Å². The molecule has 294 valence electrons. The van der Waals surface area contributed by atoms with Crippen molar-refractivity contribution >= 4 is 71.6 Å². The molecule has 4 nitrogen and oxygen atoms in total. The van der Waals surface area contributed by atoms with E-state index in [0.29, 0.717) is 0 Å². The molecule has 0 aliphatic heterocycles. The molecule has 0 N–H and O–H groups in total. The van der Waals surface area contributed by atoms with E-state index < -0.39 is 0 Å². The van der Waals surface area contributed by atoms with Gasteiger partial charge in [-0.2, -0.15) is 0 Å². The summed E-state index contributed by atoms with van der Waals surface area (Å²) in [4.78, 5) is 2.38. The van der Waals surface area contributed by atoms with Crippen molar-refractivity contribution in [3.05, 3.63) is 230 Å². The number of fused-ring (bicyclic) bond motifs is 8. The van der Waals surface area contributed by atoms with Crippen molar-refractivity contribution in [3.63, 3.8) is 0 Å². The highest BCUT2D eigenvalue weighted by Crippen LogP contribution is 2.42. The maximum Gasteiger partial charge on any atom is 0.0635 e. The first-order chi connectivity index (χ1) is 30.6. The SMILES string of the molecule is Cc1ccc(N(c2ccc(-n3c4ccccc4c4ccc5c(ccn5-c5ccc(-c6ccccc6)cc5)c43)cc2)c2ccc3c(c2)c2ccccc2n3-c2ccc(C)cc2)cc1. The van der Waals surface area contributed by atoms with Gasteiger partial charge in [-0.05, 0) is 128 Å². The Labute approximate surface area is 360 Å². The number of para-hydroxylation sites is 2. The lowest BCUT2D eigenvalue weighted by Crippen LogP contribution is -2.10. The summed E-state index contributed by atoms with van der Waals surface area (Å²) >= 11 is 0. The average Bonchev–Trinajstić information content (AvgIpc) is 4.01. The fourth-order valence-electron chi connectivity index (χ4n) is 9.58. The van der Waals surface area contributed by atoms with Gasteiger partial charge < -0.3 is 18.6 Å². The maximum atomic E-state index is 2.45. The lowest BCUT2D eigenvalue weighted by Gasteiger charge is -2.26. The number of aromatic nitrogens is 3. The van der Waals surface area contributed by atoms with Crippen molar-refractivity contribution in [2.75, 3.05) is 4.90 Å². The molecule has 0 saturated carbocycles. The zero-order valence-corrected chi connectivity index (χ0v) is 34.6. The first kappa shape index (κ1) is 35.8. The van der Waals surface area contributed by atoms with E-state index in [4.69, 9.17) is 0 Å². The summed E-state index contributed by atoms with van der Waals surface area (Å²) in [6, 6.07) is 77.5. The topological polar surface area (TPSA) is 18.0 Å². The molecule has 12 rings (SSSR count). The summed E-state index contributed by atoms with van der Waals surface area (Å²) in [6.07, 6.45) is 2.21. The Bertz CT molecular complexity index is 3610. The van der Waals surface area contributed by atoms with Crippen LogP contribution in [0.4, 0.5) is 17.1 Å². The molecule has 0 fully saturated rings. The Kier molecular flexibility index (Phi) is 8.26. The highest BCUT2D eigenvalue weighted by atomic mass is 15.1. The number of hydrogen-bond donors (Lipinski definition) is 0. The van der Waals surface area contributed by atoms with Crippen molar-refractivity contribution in [1.82, 2.24) is 13.7 Å². The van der Waals surface area contributed by atoms with Gasteiger partial charge in [0.1, 0.15) is 0 Å². The summed E-state index contributed by atoms with van der Waals surface area (Å²) in [5, 5.41) is 6.16. The standard InChI is InChI=1S/C58H42N4/c1-39-16-22-44(23-17-39)60(48-32-34-57-53(38-48)50-13-7-8-14-55(50)61(57)46-24-18-40(2)19-25-46)45-28-30-47(31-29-45)62-56-15-9-6-12-49(56)51-33-35-54-52(58(51)62)36-37-59(54)43-26-20-42(21-27-43)41-10-4-3-5-11-41/h3-38H,1-2H3. The molecule has 0 atom stereocenters. The van der Waals surface area contributed by atoms with Gasteiger partial charge in [-0.15, -0.1) is 0 Å². The molecule has 3 aromatic heterocycles. The van der Waals surface area contributed by atoms with Crippen LogP contribution < -0.4 is 4.90 Å². The van der Waals surface area contributed by atoms with E-state index in [1.807, 2.05) is 0 Å². The van der Waals surface area contributed by atoms with Crippen LogP contribution in [0.2, 0.25) is 0 Å². The Morgan fingerprint density at radius 2 is 0.823 bits per heavy atom. The third kappa shape index (κ3) is 5.76. The third-order valence-electron chi connectivity index (χ3n) is 12.6. The monoisotopic (exact) mass is 794 g/mol. The van der Waals surface area contributed by atoms with Gasteiger partial charge in [0, 0.05) is 67.3 Å². The van der Waals surface area contributed by atoms with Crippen LogP contribution in [-0.2, 0) is 0 Å². The predicted octanol–water partition coefficient (Wildman–Crippen LogP) is 15.6. The number of hydrogen-bond acceptors (Lipinski definition) is 1. The molecule has 0 amide bonds. The van der Waals surface area contributed by atoms with Crippen LogP contribution in [0.15, 0.2) is 219 Å². The van der Waals surface area contributed by atoms with Gasteiger partial charge in [0.05, 0.1) is 27.6 Å². The van der Waals surface area contributed by atoms with Crippen LogP contribution in [0.3, 0.4) is 0 Å². The Morgan fingerprint density at radius 3 is 1.53 bits per heavy atom. The Morgan fingerprint density at radius 1 is 0.323 bits per heavy atom. The smallest absolute Gasteiger partial charge is 0.0635 e. The fraction of sp³-hybridized carbons (Fsp3) is 0.0345. The van der Waals surface area contributed by atoms with E-state index in [1.54, 1.807) is 0 Å². The number of rotatable bonds is 7. The van der Waals surface area contributed by atoms with Crippen LogP contribution in [0, 0.1) is 13.8 Å². The van der Waals surface area contributed by atoms with Crippen molar-refractivity contribution in [2.24, 2.45) is 0 Å². The second kappa shape index (κ2) is 14.3. The van der Waals surface area contributed by atoms with E-state index in [0.717, 1.165) is 34.1 Å². The lowest BCUT2D eigenvalue weighted by molar-refractivity contribution is 1.13. The minimum atomic E-state index is 1.09. The molecule has 3 heterocycles. The first-order valence-corrected chi connectivity index (χ1v) is 21.3. The van der Waals surface area contributed by atoms with Crippen molar-refractivity contribution in [3.8, 4) is 28.2 Å². The molecule has 0 radical (unpaired) electrons. The van der Waals surface area contributed by atoms with Gasteiger partial charge >= 0.3 is 0 Å². The van der Waals surface area contributed by atoms with Crippen LogP contribution in [-0.4, -0.2) is 13.7 Å². The fourth-order valence-corrected chi connectivity index (χ4v) is 9.58. The number of anilines is 3. The molecule has 0 spiro atoms. The minimum Gasteiger partial charge on any atom is -0.316 e. The quantitative estimate of drug-likeness (QED) is 0.157. The van der Waals surface area contributed by atoms with E-state index >= 15 is 0 Å². The number of aryl methyl sites for hydroxylation is 2. The van der Waals surface area contributed by atoms with Crippen molar-refractivity contribution < 1.29 is 0 Å². The average molecular weight is 795 g/mol. The highest BCUT2D eigenvalue weighted by Gasteiger charge is 2.20. The predicted molar refractivity (Wildman–Crippen MR) is 262 cm³/mol. The third-order valence-corrected chi connectivity index (χ3v) is 12.6. The Balaban J connectivity index is 0.987. The largest absolute Gasteiger partial charge is 0.316 e. The van der Waals surface area contributed by atoms with Crippen molar-refractivity contribution in [1.29, 1.82) is 0 Å². The second-order valence-electron chi connectivity index (χ2n) is 16.4. The van der Waals surface area contributed by atoms with E-state index in [-0.39, 0.29) is 0 Å². The van der Waals surface area contributed by atoms with Crippen LogP contribution >= 0.6 is 0 Å². The van der Waals surface area contributed by atoms with Gasteiger partial charge in [-0.25, -0.2) is 0 Å². The molecule has 12 aromatic rings. The van der Waals surface area contributed by atoms with Gasteiger partial charge in [-0.3, -0.25) is 0 Å². The maximum absolute atomic E-state index is 2.45. The van der Waals surface area contributed by atoms with Gasteiger partial charge in [0.25, 0.3) is 0 Å². The summed E-state index contributed by atoms with van der Waals surface area (Å²) in [5.74, 6) is 0. The molecule has 0 bridgehead atoms. The number of nitrogens with zero attached hydrogens (tertiary/aromatic N) is 4. The zero-order valence-electron chi connectivity index (χ0n) is 34.6. The second-order valence-corrected chi connectivity index (χ2v) is 16.4. The van der Waals surface area contributed by atoms with E-state index in [9.17, 15) is 0 Å². The van der Waals surface area contributed by atoms with Crippen LogP contribution in [0.1, 0.15) is 11.1 Å². The molecule has 4 heteroatoms. The summed E-state index contributed by atoms with van der Waals surface area (Å²) in [7, 11) is 0. The molecule has 0 aliphatic carbocycles. The molecular formula is C58H42N4. The highest BCUT2D eigenvalue weighted by molar-refractivity contribution is 6.18. The number of benzene rings is 9. The van der Waals surface area contributed by atoms with Crippen LogP contribution in [0.5, 0.6) is 0 Å². The minimum absolute atomic E-state index is 1.09. The molecule has 0 aliphatic rings. The molecule has 9 aromatic carbocycles. The summed E-state index contributed by atoms with van der Waals surface area (Å²) < 4.78 is 7.14. The van der Waals surface area contributed by atoms with Gasteiger partial charge in [-0.1, -0.05) is 120 Å². The molecule has 0 saturated heterocycles. The van der Waals surface area contributed by atoms with Gasteiger partial charge in [0.15, 0.2) is 0 Å². The van der Waals surface area contributed by atoms with E-state index in [1.165, 1.54) is 76.8 Å².